The molecule has 1 aromatic heterocycles. The molecule has 3 nitrogen and oxygen atoms in total. The number of H-pyrrole nitrogens is 1. The summed E-state index contributed by atoms with van der Waals surface area (Å²) in [6.07, 6.45) is 0. The van der Waals surface area contributed by atoms with Gasteiger partial charge in [0, 0.05) is 5.69 Å². The van der Waals surface area contributed by atoms with E-state index >= 15 is 0 Å². The van der Waals surface area contributed by atoms with E-state index in [9.17, 15) is 4.79 Å². The van der Waals surface area contributed by atoms with Crippen LogP contribution in [0.3, 0.4) is 0 Å². The maximum Gasteiger partial charge on any atom is 0.285 e. The van der Waals surface area contributed by atoms with Crippen molar-refractivity contribution in [3.8, 4) is 5.69 Å². The number of aryl methyl sites for hydroxylation is 3. The molecule has 0 aliphatic carbocycles. The Labute approximate surface area is 102 Å². The first-order valence-corrected chi connectivity index (χ1v) is 5.84. The lowest BCUT2D eigenvalue weighted by Gasteiger charge is -2.06. The van der Waals surface area contributed by atoms with Crippen molar-refractivity contribution in [2.24, 2.45) is 0 Å². The third-order valence-electron chi connectivity index (χ3n) is 2.61. The summed E-state index contributed by atoms with van der Waals surface area (Å²) in [6.45, 7) is 5.87. The fraction of sp³-hybridized carbons (Fsp3) is 0.250. The molecule has 0 amide bonds. The Balaban J connectivity index is 2.72. The van der Waals surface area contributed by atoms with Crippen LogP contribution in [-0.2, 0) is 0 Å². The number of hydrogen-bond acceptors (Lipinski definition) is 1. The predicted molar refractivity (Wildman–Crippen MR) is 68.3 cm³/mol. The minimum absolute atomic E-state index is 0.0498. The van der Waals surface area contributed by atoms with E-state index in [0.717, 1.165) is 22.5 Å². The van der Waals surface area contributed by atoms with Gasteiger partial charge in [0.15, 0.2) is 0 Å². The van der Waals surface area contributed by atoms with E-state index < -0.39 is 0 Å². The van der Waals surface area contributed by atoms with Crippen LogP contribution in [0.4, 0.5) is 0 Å². The van der Waals surface area contributed by atoms with Crippen molar-refractivity contribution >= 4 is 15.9 Å². The smallest absolute Gasteiger partial charge is 0.285 e. The molecule has 0 saturated heterocycles. The third-order valence-corrected chi connectivity index (χ3v) is 3.54. The summed E-state index contributed by atoms with van der Waals surface area (Å²) in [5.41, 5.74) is 3.90. The number of nitrogens with one attached hydrogen (secondary N) is 1. The van der Waals surface area contributed by atoms with E-state index in [1.807, 2.05) is 39.0 Å². The maximum absolute atomic E-state index is 11.9. The first kappa shape index (κ1) is 11.2. The highest BCUT2D eigenvalue weighted by molar-refractivity contribution is 9.10. The summed E-state index contributed by atoms with van der Waals surface area (Å²) in [5.74, 6) is 0. The Morgan fingerprint density at radius 2 is 1.94 bits per heavy atom. The van der Waals surface area contributed by atoms with Gasteiger partial charge in [-0.3, -0.25) is 9.89 Å². The van der Waals surface area contributed by atoms with E-state index in [0.29, 0.717) is 4.47 Å². The van der Waals surface area contributed by atoms with Crippen LogP contribution in [0.15, 0.2) is 27.5 Å². The fourth-order valence-electron chi connectivity index (χ4n) is 1.66. The number of aromatic amines is 1. The highest BCUT2D eigenvalue weighted by Gasteiger charge is 2.11. The molecule has 0 aliphatic heterocycles. The van der Waals surface area contributed by atoms with Gasteiger partial charge >= 0.3 is 0 Å². The molecule has 1 N–H and O–H groups in total. The van der Waals surface area contributed by atoms with Gasteiger partial charge in [-0.15, -0.1) is 0 Å². The zero-order valence-electron chi connectivity index (χ0n) is 9.47. The zero-order chi connectivity index (χ0) is 11.9. The SMILES string of the molecule is Cc1ccc(C)c(-n2[nH]c(C)c(Br)c2=O)c1. The summed E-state index contributed by atoms with van der Waals surface area (Å²) in [7, 11) is 0. The average Bonchev–Trinajstić information content (AvgIpc) is 2.50. The summed E-state index contributed by atoms with van der Waals surface area (Å²) in [4.78, 5) is 11.9. The number of hydrogen-bond donors (Lipinski definition) is 1. The fourth-order valence-corrected chi connectivity index (χ4v) is 1.92. The lowest BCUT2D eigenvalue weighted by molar-refractivity contribution is 0.827. The average molecular weight is 281 g/mol. The topological polar surface area (TPSA) is 37.8 Å². The van der Waals surface area contributed by atoms with Crippen molar-refractivity contribution in [3.63, 3.8) is 0 Å². The molecule has 16 heavy (non-hydrogen) atoms. The Morgan fingerprint density at radius 3 is 2.50 bits per heavy atom. The van der Waals surface area contributed by atoms with Gasteiger partial charge in [-0.2, -0.15) is 0 Å². The molecule has 2 aromatic rings. The number of benzene rings is 1. The molecule has 0 saturated carbocycles. The molecule has 0 spiro atoms. The minimum Gasteiger partial charge on any atom is -0.294 e. The van der Waals surface area contributed by atoms with Crippen molar-refractivity contribution in [2.45, 2.75) is 20.8 Å². The maximum atomic E-state index is 11.9. The van der Waals surface area contributed by atoms with Crippen molar-refractivity contribution in [3.05, 3.63) is 49.8 Å². The molecular formula is C12H13BrN2O. The Hall–Kier alpha value is -1.29. The largest absolute Gasteiger partial charge is 0.294 e. The van der Waals surface area contributed by atoms with E-state index in [-0.39, 0.29) is 5.56 Å². The van der Waals surface area contributed by atoms with Gasteiger partial charge in [0.2, 0.25) is 0 Å². The van der Waals surface area contributed by atoms with Crippen LogP contribution in [-0.4, -0.2) is 9.78 Å². The molecule has 0 atom stereocenters. The van der Waals surface area contributed by atoms with Gasteiger partial charge in [0.05, 0.1) is 5.69 Å². The van der Waals surface area contributed by atoms with E-state index in [4.69, 9.17) is 0 Å². The molecule has 4 heteroatoms. The van der Waals surface area contributed by atoms with Gasteiger partial charge in [0.25, 0.3) is 5.56 Å². The van der Waals surface area contributed by atoms with Gasteiger partial charge < -0.3 is 0 Å². The zero-order valence-corrected chi connectivity index (χ0v) is 11.1. The summed E-state index contributed by atoms with van der Waals surface area (Å²) in [6, 6.07) is 6.05. The van der Waals surface area contributed by atoms with Crippen LogP contribution in [0.1, 0.15) is 16.8 Å². The first-order valence-electron chi connectivity index (χ1n) is 5.05. The molecule has 0 aliphatic rings. The van der Waals surface area contributed by atoms with Crippen LogP contribution < -0.4 is 5.56 Å². The quantitative estimate of drug-likeness (QED) is 0.857. The Morgan fingerprint density at radius 1 is 1.25 bits per heavy atom. The van der Waals surface area contributed by atoms with E-state index in [2.05, 4.69) is 21.0 Å². The monoisotopic (exact) mass is 280 g/mol. The van der Waals surface area contributed by atoms with Crippen molar-refractivity contribution in [2.75, 3.05) is 0 Å². The molecule has 1 heterocycles. The lowest BCUT2D eigenvalue weighted by Crippen LogP contribution is -2.15. The second kappa shape index (κ2) is 3.94. The highest BCUT2D eigenvalue weighted by Crippen LogP contribution is 2.16. The molecule has 0 unspecified atom stereocenters. The highest BCUT2D eigenvalue weighted by atomic mass is 79.9. The second-order valence-corrected chi connectivity index (χ2v) is 4.77. The predicted octanol–water partition coefficient (Wildman–Crippen LogP) is 2.85. The molecular weight excluding hydrogens is 268 g/mol. The Kier molecular flexibility index (Phi) is 2.76. The molecule has 2 rings (SSSR count). The minimum atomic E-state index is -0.0498. The number of nitrogens with zero attached hydrogens (tertiary/aromatic N) is 1. The summed E-state index contributed by atoms with van der Waals surface area (Å²) >= 11 is 3.28. The third kappa shape index (κ3) is 1.73. The van der Waals surface area contributed by atoms with Crippen LogP contribution >= 0.6 is 15.9 Å². The number of halogens is 1. The van der Waals surface area contributed by atoms with Crippen molar-refractivity contribution in [1.82, 2.24) is 9.78 Å². The first-order chi connectivity index (χ1) is 7.50. The Bertz CT molecular complexity index is 596. The van der Waals surface area contributed by atoms with Gasteiger partial charge in [-0.1, -0.05) is 12.1 Å². The summed E-state index contributed by atoms with van der Waals surface area (Å²) < 4.78 is 2.16. The van der Waals surface area contributed by atoms with Crippen LogP contribution in [0.5, 0.6) is 0 Å². The molecule has 1 aromatic carbocycles. The van der Waals surface area contributed by atoms with Crippen LogP contribution in [0, 0.1) is 20.8 Å². The lowest BCUT2D eigenvalue weighted by atomic mass is 10.1. The van der Waals surface area contributed by atoms with Crippen LogP contribution in [0.2, 0.25) is 0 Å². The van der Waals surface area contributed by atoms with Gasteiger partial charge in [-0.25, -0.2) is 4.68 Å². The normalized spacial score (nSPS) is 10.8. The van der Waals surface area contributed by atoms with Crippen molar-refractivity contribution < 1.29 is 0 Å². The van der Waals surface area contributed by atoms with Gasteiger partial charge in [-0.05, 0) is 53.9 Å². The second-order valence-electron chi connectivity index (χ2n) is 3.98. The summed E-state index contributed by atoms with van der Waals surface area (Å²) in [5, 5.41) is 3.05. The van der Waals surface area contributed by atoms with E-state index in [1.165, 1.54) is 0 Å². The van der Waals surface area contributed by atoms with Gasteiger partial charge in [0.1, 0.15) is 4.47 Å². The number of rotatable bonds is 1. The molecule has 0 fully saturated rings. The molecule has 0 bridgehead atoms. The van der Waals surface area contributed by atoms with E-state index in [1.54, 1.807) is 4.68 Å². The number of aromatic nitrogens is 2. The molecule has 84 valence electrons. The molecule has 0 radical (unpaired) electrons. The van der Waals surface area contributed by atoms with Crippen LogP contribution in [0.25, 0.3) is 5.69 Å². The van der Waals surface area contributed by atoms with Crippen molar-refractivity contribution in [1.29, 1.82) is 0 Å². The standard InChI is InChI=1S/C12H13BrN2O/c1-7-4-5-8(2)10(6-7)15-12(16)11(13)9(3)14-15/h4-6,14H,1-3H3.